The first-order valence-corrected chi connectivity index (χ1v) is 9.41. The molecule has 0 atom stereocenters. The van der Waals surface area contributed by atoms with Gasteiger partial charge in [0, 0.05) is 42.7 Å². The first-order chi connectivity index (χ1) is 13.1. The number of likely N-dealkylation sites (tertiary alicyclic amines) is 1. The number of hydrogen-bond acceptors (Lipinski definition) is 3. The molecule has 2 aromatic rings. The second-order valence-corrected chi connectivity index (χ2v) is 6.77. The van der Waals surface area contributed by atoms with E-state index in [0.717, 1.165) is 25.9 Å². The molecular weight excluding hydrogens is 340 g/mol. The summed E-state index contributed by atoms with van der Waals surface area (Å²) >= 11 is 0. The molecule has 0 saturated carbocycles. The van der Waals surface area contributed by atoms with Crippen LogP contribution in [0.1, 0.15) is 52.8 Å². The summed E-state index contributed by atoms with van der Waals surface area (Å²) in [5, 5.41) is 2.82. The summed E-state index contributed by atoms with van der Waals surface area (Å²) in [6.45, 7) is 1.59. The molecule has 0 aliphatic carbocycles. The van der Waals surface area contributed by atoms with E-state index in [9.17, 15) is 14.4 Å². The number of Topliss-reactive ketones (excluding diaryl/α,β-unsaturated/α-hetero) is 1. The van der Waals surface area contributed by atoms with Crippen LogP contribution in [0.25, 0.3) is 0 Å². The van der Waals surface area contributed by atoms with Gasteiger partial charge in [0.1, 0.15) is 0 Å². The van der Waals surface area contributed by atoms with Gasteiger partial charge in [0.2, 0.25) is 5.91 Å². The minimum absolute atomic E-state index is 0.0112. The van der Waals surface area contributed by atoms with Crippen molar-refractivity contribution in [1.29, 1.82) is 0 Å². The van der Waals surface area contributed by atoms with E-state index in [1.807, 2.05) is 23.1 Å². The fraction of sp³-hybridized carbons (Fsp3) is 0.318. The number of amides is 2. The highest BCUT2D eigenvalue weighted by Crippen LogP contribution is 2.17. The molecule has 27 heavy (non-hydrogen) atoms. The van der Waals surface area contributed by atoms with Crippen LogP contribution < -0.4 is 5.32 Å². The van der Waals surface area contributed by atoms with Crippen molar-refractivity contribution >= 4 is 23.3 Å². The Bertz CT molecular complexity index is 811. The molecule has 0 bridgehead atoms. The minimum atomic E-state index is -0.151. The highest BCUT2D eigenvalue weighted by Gasteiger charge is 2.19. The first kappa shape index (κ1) is 18.8. The number of rotatable bonds is 7. The maximum Gasteiger partial charge on any atom is 0.253 e. The van der Waals surface area contributed by atoms with Crippen molar-refractivity contribution in [1.82, 2.24) is 4.90 Å². The average molecular weight is 364 g/mol. The fourth-order valence-corrected chi connectivity index (χ4v) is 3.23. The summed E-state index contributed by atoms with van der Waals surface area (Å²) in [6.07, 6.45) is 3.19. The number of carbonyl (C=O) groups is 3. The van der Waals surface area contributed by atoms with E-state index < -0.39 is 0 Å². The number of anilines is 1. The molecule has 5 nitrogen and oxygen atoms in total. The van der Waals surface area contributed by atoms with Crippen molar-refractivity contribution in [3.63, 3.8) is 0 Å². The summed E-state index contributed by atoms with van der Waals surface area (Å²) in [6, 6.07) is 16.1. The van der Waals surface area contributed by atoms with Gasteiger partial charge in [0.15, 0.2) is 5.78 Å². The molecule has 1 fully saturated rings. The zero-order valence-corrected chi connectivity index (χ0v) is 15.3. The SMILES string of the molecule is O=C(CCCC(=O)c1ccccc1)Nc1cccc(C(=O)N2CCCC2)c1. The van der Waals surface area contributed by atoms with Crippen LogP contribution in [-0.2, 0) is 4.79 Å². The summed E-state index contributed by atoms with van der Waals surface area (Å²) in [7, 11) is 0. The predicted molar refractivity (Wildman–Crippen MR) is 105 cm³/mol. The maximum absolute atomic E-state index is 12.4. The summed E-state index contributed by atoms with van der Waals surface area (Å²) in [5.41, 5.74) is 1.87. The van der Waals surface area contributed by atoms with Crippen molar-refractivity contribution in [2.45, 2.75) is 32.1 Å². The van der Waals surface area contributed by atoms with Crippen LogP contribution in [0.15, 0.2) is 54.6 Å². The van der Waals surface area contributed by atoms with E-state index >= 15 is 0 Å². The van der Waals surface area contributed by atoms with Gasteiger partial charge in [-0.2, -0.15) is 0 Å². The second-order valence-electron chi connectivity index (χ2n) is 6.77. The number of ketones is 1. The Morgan fingerprint density at radius 2 is 1.56 bits per heavy atom. The van der Waals surface area contributed by atoms with Crippen LogP contribution in [0, 0.1) is 0 Å². The number of nitrogens with zero attached hydrogens (tertiary/aromatic N) is 1. The predicted octanol–water partition coefficient (Wildman–Crippen LogP) is 3.91. The molecule has 2 aromatic carbocycles. The molecule has 0 unspecified atom stereocenters. The Hall–Kier alpha value is -2.95. The topological polar surface area (TPSA) is 66.5 Å². The minimum Gasteiger partial charge on any atom is -0.339 e. The zero-order valence-electron chi connectivity index (χ0n) is 15.3. The van der Waals surface area contributed by atoms with Gasteiger partial charge in [-0.15, -0.1) is 0 Å². The van der Waals surface area contributed by atoms with Crippen LogP contribution in [0.3, 0.4) is 0 Å². The zero-order chi connectivity index (χ0) is 19.1. The van der Waals surface area contributed by atoms with Gasteiger partial charge in [-0.25, -0.2) is 0 Å². The fourth-order valence-electron chi connectivity index (χ4n) is 3.23. The lowest BCUT2D eigenvalue weighted by molar-refractivity contribution is -0.116. The van der Waals surface area contributed by atoms with Gasteiger partial charge in [-0.1, -0.05) is 36.4 Å². The van der Waals surface area contributed by atoms with Gasteiger partial charge in [0.05, 0.1) is 0 Å². The Morgan fingerprint density at radius 3 is 2.30 bits per heavy atom. The van der Waals surface area contributed by atoms with Gasteiger partial charge in [0.25, 0.3) is 5.91 Å². The molecule has 0 radical (unpaired) electrons. The summed E-state index contributed by atoms with van der Waals surface area (Å²) in [5.74, 6) is -0.0969. The highest BCUT2D eigenvalue weighted by atomic mass is 16.2. The number of carbonyl (C=O) groups excluding carboxylic acids is 3. The Balaban J connectivity index is 1.48. The van der Waals surface area contributed by atoms with Gasteiger partial charge in [-0.05, 0) is 37.5 Å². The maximum atomic E-state index is 12.4. The van der Waals surface area contributed by atoms with E-state index in [0.29, 0.717) is 29.7 Å². The molecule has 0 aromatic heterocycles. The molecule has 1 aliphatic heterocycles. The Morgan fingerprint density at radius 1 is 0.852 bits per heavy atom. The normalized spacial score (nSPS) is 13.4. The molecule has 2 amide bonds. The van der Waals surface area contributed by atoms with Crippen LogP contribution in [-0.4, -0.2) is 35.6 Å². The van der Waals surface area contributed by atoms with E-state index in [-0.39, 0.29) is 24.0 Å². The highest BCUT2D eigenvalue weighted by molar-refractivity contribution is 5.98. The van der Waals surface area contributed by atoms with Crippen LogP contribution >= 0.6 is 0 Å². The number of nitrogens with one attached hydrogen (secondary N) is 1. The molecule has 3 rings (SSSR count). The third-order valence-corrected chi connectivity index (χ3v) is 4.69. The second kappa shape index (κ2) is 9.12. The van der Waals surface area contributed by atoms with Gasteiger partial charge in [-0.3, -0.25) is 14.4 Å². The lowest BCUT2D eigenvalue weighted by Gasteiger charge is -2.15. The van der Waals surface area contributed by atoms with Crippen LogP contribution in [0.4, 0.5) is 5.69 Å². The molecule has 0 spiro atoms. The third-order valence-electron chi connectivity index (χ3n) is 4.69. The first-order valence-electron chi connectivity index (χ1n) is 9.41. The van der Waals surface area contributed by atoms with Crippen molar-refractivity contribution in [3.8, 4) is 0 Å². The number of benzene rings is 2. The van der Waals surface area contributed by atoms with E-state index in [4.69, 9.17) is 0 Å². The van der Waals surface area contributed by atoms with E-state index in [1.54, 1.807) is 36.4 Å². The van der Waals surface area contributed by atoms with Crippen LogP contribution in [0.5, 0.6) is 0 Å². The van der Waals surface area contributed by atoms with Crippen molar-refractivity contribution in [3.05, 3.63) is 65.7 Å². The molecule has 1 heterocycles. The monoisotopic (exact) mass is 364 g/mol. The number of hydrogen-bond donors (Lipinski definition) is 1. The summed E-state index contributed by atoms with van der Waals surface area (Å²) in [4.78, 5) is 38.5. The lowest BCUT2D eigenvalue weighted by atomic mass is 10.1. The average Bonchev–Trinajstić information content (AvgIpc) is 3.23. The van der Waals surface area contributed by atoms with Gasteiger partial charge >= 0.3 is 0 Å². The van der Waals surface area contributed by atoms with E-state index in [1.165, 1.54) is 0 Å². The molecule has 1 saturated heterocycles. The summed E-state index contributed by atoms with van der Waals surface area (Å²) < 4.78 is 0. The van der Waals surface area contributed by atoms with Crippen molar-refractivity contribution < 1.29 is 14.4 Å². The smallest absolute Gasteiger partial charge is 0.253 e. The quantitative estimate of drug-likeness (QED) is 0.758. The molecular formula is C22H24N2O3. The molecule has 1 N–H and O–H groups in total. The lowest BCUT2D eigenvalue weighted by Crippen LogP contribution is -2.27. The standard InChI is InChI=1S/C22H24N2O3/c25-20(17-8-2-1-3-9-17)12-7-13-21(26)23-19-11-6-10-18(16-19)22(27)24-14-4-5-15-24/h1-3,6,8-11,16H,4-5,7,12-15H2,(H,23,26). The third kappa shape index (κ3) is 5.26. The van der Waals surface area contributed by atoms with Crippen LogP contribution in [0.2, 0.25) is 0 Å². The molecule has 1 aliphatic rings. The Labute approximate surface area is 159 Å². The van der Waals surface area contributed by atoms with Crippen molar-refractivity contribution in [2.75, 3.05) is 18.4 Å². The molecule has 5 heteroatoms. The van der Waals surface area contributed by atoms with E-state index in [2.05, 4.69) is 5.32 Å². The molecule has 140 valence electrons. The van der Waals surface area contributed by atoms with Crippen molar-refractivity contribution in [2.24, 2.45) is 0 Å². The largest absolute Gasteiger partial charge is 0.339 e. The van der Waals surface area contributed by atoms with Gasteiger partial charge < -0.3 is 10.2 Å². The Kier molecular flexibility index (Phi) is 6.36.